The molecule has 1 fully saturated rings. The zero-order valence-corrected chi connectivity index (χ0v) is 16.6. The normalized spacial score (nSPS) is 21.4. The Balaban J connectivity index is 1.60. The molecule has 0 aliphatic carbocycles. The van der Waals surface area contributed by atoms with Crippen molar-refractivity contribution in [3.05, 3.63) is 36.2 Å². The number of aromatic nitrogens is 3. The van der Waals surface area contributed by atoms with Gasteiger partial charge in [0.25, 0.3) is 5.91 Å². The molecule has 2 aromatic rings. The van der Waals surface area contributed by atoms with Crippen molar-refractivity contribution in [2.75, 3.05) is 27.3 Å². The Morgan fingerprint density at radius 1 is 1.21 bits per heavy atom. The average molecular weight is 402 g/mol. The van der Waals surface area contributed by atoms with Crippen LogP contribution < -0.4 is 4.74 Å². The van der Waals surface area contributed by atoms with Crippen molar-refractivity contribution in [1.82, 2.24) is 19.7 Å². The van der Waals surface area contributed by atoms with E-state index in [4.69, 9.17) is 9.47 Å². The first kappa shape index (κ1) is 18.9. The number of ether oxygens (including phenoxy) is 2. The predicted molar refractivity (Wildman–Crippen MR) is 102 cm³/mol. The first-order valence-electron chi connectivity index (χ1n) is 9.19. The number of nitrogens with zero attached hydrogens (tertiary/aromatic N) is 4. The number of fused-ring (bicyclic) bond motifs is 1. The number of hydrogen-bond acceptors (Lipinski definition) is 8. The highest BCUT2D eigenvalue weighted by Crippen LogP contribution is 2.42. The lowest BCUT2D eigenvalue weighted by molar-refractivity contribution is -0.147. The molecule has 0 amide bonds. The molecule has 2 atom stereocenters. The fraction of sp³-hybridized carbons (Fsp3) is 0.474. The van der Waals surface area contributed by atoms with E-state index in [-0.39, 0.29) is 29.1 Å². The first-order valence-corrected chi connectivity index (χ1v) is 10.1. The Hall–Kier alpha value is -2.39. The zero-order valence-electron chi connectivity index (χ0n) is 15.8. The van der Waals surface area contributed by atoms with Gasteiger partial charge in [-0.3, -0.25) is 14.5 Å². The molecule has 0 saturated carbocycles. The van der Waals surface area contributed by atoms with Crippen LogP contribution in [0.5, 0.6) is 5.75 Å². The van der Waals surface area contributed by atoms with E-state index >= 15 is 0 Å². The van der Waals surface area contributed by atoms with Crippen molar-refractivity contribution in [1.29, 1.82) is 0 Å². The molecule has 2 aliphatic heterocycles. The second-order valence-corrected chi connectivity index (χ2v) is 7.99. The largest absolute Gasteiger partial charge is 0.497 e. The monoisotopic (exact) mass is 402 g/mol. The van der Waals surface area contributed by atoms with E-state index in [1.807, 2.05) is 24.3 Å². The lowest BCUT2D eigenvalue weighted by Gasteiger charge is -2.38. The summed E-state index contributed by atoms with van der Waals surface area (Å²) in [7, 11) is 3.06. The molecule has 0 bridgehead atoms. The summed E-state index contributed by atoms with van der Waals surface area (Å²) in [5.41, 5.74) is 1.04. The van der Waals surface area contributed by atoms with E-state index in [2.05, 4.69) is 15.0 Å². The third-order valence-electron chi connectivity index (χ3n) is 5.40. The van der Waals surface area contributed by atoms with Gasteiger partial charge in [0.1, 0.15) is 17.3 Å². The van der Waals surface area contributed by atoms with Crippen molar-refractivity contribution in [2.24, 2.45) is 5.92 Å². The van der Waals surface area contributed by atoms with Crippen LogP contribution in [-0.2, 0) is 9.53 Å². The molecule has 3 heterocycles. The van der Waals surface area contributed by atoms with Crippen LogP contribution in [0.1, 0.15) is 29.2 Å². The van der Waals surface area contributed by atoms with E-state index in [9.17, 15) is 9.59 Å². The van der Waals surface area contributed by atoms with Crippen LogP contribution in [0.25, 0.3) is 0 Å². The van der Waals surface area contributed by atoms with Crippen LogP contribution in [-0.4, -0.2) is 64.1 Å². The van der Waals surface area contributed by atoms with Crippen LogP contribution in [0.2, 0.25) is 0 Å². The van der Waals surface area contributed by atoms with E-state index < -0.39 is 0 Å². The average Bonchev–Trinajstić information content (AvgIpc) is 3.32. The lowest BCUT2D eigenvalue weighted by atomic mass is 9.93. The molecule has 1 aromatic carbocycles. The smallest absolute Gasteiger partial charge is 0.308 e. The molecule has 8 nitrogen and oxygen atoms in total. The van der Waals surface area contributed by atoms with Crippen molar-refractivity contribution in [3.8, 4) is 5.75 Å². The molecular formula is C19H22N4O4S. The highest BCUT2D eigenvalue weighted by Gasteiger charge is 2.43. The molecular weight excluding hydrogens is 380 g/mol. The Kier molecular flexibility index (Phi) is 5.36. The number of methoxy groups -OCH3 is 2. The molecule has 0 spiro atoms. The summed E-state index contributed by atoms with van der Waals surface area (Å²) in [6.45, 7) is 1.44. The van der Waals surface area contributed by atoms with Gasteiger partial charge in [-0.1, -0.05) is 23.9 Å². The van der Waals surface area contributed by atoms with Crippen LogP contribution in [0.15, 0.2) is 35.7 Å². The fourth-order valence-electron chi connectivity index (χ4n) is 3.90. The number of benzene rings is 1. The number of esters is 1. The Morgan fingerprint density at radius 3 is 2.54 bits per heavy atom. The maximum atomic E-state index is 13.0. The van der Waals surface area contributed by atoms with Gasteiger partial charge in [-0.05, 0) is 43.6 Å². The molecule has 28 heavy (non-hydrogen) atoms. The number of rotatable bonds is 5. The third-order valence-corrected chi connectivity index (χ3v) is 6.61. The Bertz CT molecular complexity index is 861. The summed E-state index contributed by atoms with van der Waals surface area (Å²) in [4.78, 5) is 31.3. The summed E-state index contributed by atoms with van der Waals surface area (Å²) in [5, 5.41) is 4.35. The van der Waals surface area contributed by atoms with Crippen molar-refractivity contribution in [2.45, 2.75) is 29.3 Å². The van der Waals surface area contributed by atoms with E-state index in [0.717, 1.165) is 24.4 Å². The second kappa shape index (κ2) is 7.92. The number of carbonyl (C=O) groups excluding carboxylic acids is 2. The molecule has 0 radical (unpaired) electrons. The van der Waals surface area contributed by atoms with Crippen molar-refractivity contribution >= 4 is 23.6 Å². The maximum absolute atomic E-state index is 13.0. The summed E-state index contributed by atoms with van der Waals surface area (Å²) in [6.07, 6.45) is 2.84. The SMILES string of the molecule is COC(=O)C1CCN(C(c2ccc(OC)cc2)C2Sc3ncnn3C2=O)CC1. The minimum absolute atomic E-state index is 0.0617. The highest BCUT2D eigenvalue weighted by molar-refractivity contribution is 8.00. The fourth-order valence-corrected chi connectivity index (χ4v) is 5.14. The van der Waals surface area contributed by atoms with Gasteiger partial charge in [0.15, 0.2) is 5.16 Å². The topological polar surface area (TPSA) is 86.5 Å². The standard InChI is InChI=1S/C19H22N4O4S/c1-26-14-5-3-12(4-6-14)15(16-17(24)23-19(28-16)20-11-21-23)22-9-7-13(8-10-22)18(25)27-2/h3-6,11,13,15-16H,7-10H2,1-2H3. The van der Waals surface area contributed by atoms with Crippen molar-refractivity contribution < 1.29 is 19.1 Å². The van der Waals surface area contributed by atoms with Gasteiger partial charge in [-0.2, -0.15) is 9.78 Å². The zero-order chi connectivity index (χ0) is 19.7. The molecule has 148 valence electrons. The molecule has 1 saturated heterocycles. The third kappa shape index (κ3) is 3.40. The maximum Gasteiger partial charge on any atom is 0.308 e. The van der Waals surface area contributed by atoms with E-state index in [1.165, 1.54) is 29.9 Å². The lowest BCUT2D eigenvalue weighted by Crippen LogP contribution is -2.44. The Morgan fingerprint density at radius 2 is 1.93 bits per heavy atom. The van der Waals surface area contributed by atoms with Crippen molar-refractivity contribution in [3.63, 3.8) is 0 Å². The van der Waals surface area contributed by atoms with E-state index in [0.29, 0.717) is 18.0 Å². The number of likely N-dealkylation sites (tertiary alicyclic amines) is 1. The van der Waals surface area contributed by atoms with E-state index in [1.54, 1.807) is 7.11 Å². The second-order valence-electron chi connectivity index (χ2n) is 6.88. The van der Waals surface area contributed by atoms with Gasteiger partial charge in [0.05, 0.1) is 26.2 Å². The molecule has 2 unspecified atom stereocenters. The summed E-state index contributed by atoms with van der Waals surface area (Å²) >= 11 is 1.44. The minimum atomic E-state index is -0.334. The minimum Gasteiger partial charge on any atom is -0.497 e. The van der Waals surface area contributed by atoms with Crippen LogP contribution in [0.4, 0.5) is 0 Å². The van der Waals surface area contributed by atoms with Gasteiger partial charge in [-0.25, -0.2) is 4.98 Å². The Labute approximate surface area is 167 Å². The predicted octanol–water partition coefficient (Wildman–Crippen LogP) is 2.03. The molecule has 2 aliphatic rings. The van der Waals surface area contributed by atoms with Crippen LogP contribution in [0.3, 0.4) is 0 Å². The summed E-state index contributed by atoms with van der Waals surface area (Å²) in [6, 6.07) is 7.68. The first-order chi connectivity index (χ1) is 13.6. The van der Waals surface area contributed by atoms with Crippen LogP contribution >= 0.6 is 11.8 Å². The molecule has 1 aromatic heterocycles. The number of carbonyl (C=O) groups is 2. The highest BCUT2D eigenvalue weighted by atomic mass is 32.2. The molecule has 0 N–H and O–H groups in total. The van der Waals surface area contributed by atoms with Gasteiger partial charge < -0.3 is 9.47 Å². The van der Waals surface area contributed by atoms with Crippen LogP contribution in [0, 0.1) is 5.92 Å². The number of thioether (sulfide) groups is 1. The quantitative estimate of drug-likeness (QED) is 0.702. The van der Waals surface area contributed by atoms with Gasteiger partial charge >= 0.3 is 5.97 Å². The number of hydrogen-bond donors (Lipinski definition) is 0. The molecule has 9 heteroatoms. The molecule has 4 rings (SSSR count). The van der Waals surface area contributed by atoms with Gasteiger partial charge in [0.2, 0.25) is 0 Å². The number of piperidine rings is 1. The summed E-state index contributed by atoms with van der Waals surface area (Å²) < 4.78 is 11.5. The summed E-state index contributed by atoms with van der Waals surface area (Å²) in [5.74, 6) is 0.471. The van der Waals surface area contributed by atoms with Gasteiger partial charge in [0, 0.05) is 0 Å². The van der Waals surface area contributed by atoms with Gasteiger partial charge in [-0.15, -0.1) is 0 Å².